The molecule has 0 aliphatic carbocycles. The van der Waals surface area contributed by atoms with Crippen LogP contribution in [0.3, 0.4) is 0 Å². The summed E-state index contributed by atoms with van der Waals surface area (Å²) in [6.07, 6.45) is 3.86. The van der Waals surface area contributed by atoms with Crippen LogP contribution in [0.2, 0.25) is 10.0 Å². The molecular weight excluding hydrogens is 439 g/mol. The maximum atomic E-state index is 12.3. The van der Waals surface area contributed by atoms with Gasteiger partial charge in [-0.3, -0.25) is 4.79 Å². The Labute approximate surface area is 178 Å². The topological polar surface area (TPSA) is 102 Å². The van der Waals surface area contributed by atoms with Gasteiger partial charge in [-0.15, -0.1) is 6.42 Å². The number of benzene rings is 2. The molecule has 0 radical (unpaired) electrons. The van der Waals surface area contributed by atoms with Gasteiger partial charge in [-0.2, -0.15) is 4.72 Å². The molecule has 0 saturated carbocycles. The van der Waals surface area contributed by atoms with Crippen LogP contribution in [0.1, 0.15) is 17.3 Å². The molecule has 10 heteroatoms. The number of anilines is 1. The Kier molecular flexibility index (Phi) is 7.65. The second-order valence-electron chi connectivity index (χ2n) is 5.69. The van der Waals surface area contributed by atoms with E-state index in [0.29, 0.717) is 0 Å². The fourth-order valence-corrected chi connectivity index (χ4v) is 3.45. The van der Waals surface area contributed by atoms with Crippen molar-refractivity contribution in [2.75, 3.05) is 11.9 Å². The molecular formula is C19H16Cl2N2O5S. The number of hydrogen-bond donors (Lipinski definition) is 2. The van der Waals surface area contributed by atoms with E-state index >= 15 is 0 Å². The average molecular weight is 455 g/mol. The highest BCUT2D eigenvalue weighted by Crippen LogP contribution is 2.29. The minimum Gasteiger partial charge on any atom is -0.449 e. The van der Waals surface area contributed by atoms with E-state index in [1.807, 2.05) is 0 Å². The van der Waals surface area contributed by atoms with Crippen molar-refractivity contribution < 1.29 is 22.7 Å². The Morgan fingerprint density at radius 2 is 1.90 bits per heavy atom. The number of sulfonamides is 1. The molecule has 2 aromatic carbocycles. The third-order valence-electron chi connectivity index (χ3n) is 3.61. The van der Waals surface area contributed by atoms with Gasteiger partial charge in [0, 0.05) is 0 Å². The standard InChI is InChI=1S/C19H16Cl2N2O5S/c1-3-10-22-29(26,27)14-7-4-6-13(11-14)19(25)28-12(2)18(24)23-16-9-5-8-15(20)17(16)21/h1,4-9,11-12,22H,10H2,2H3,(H,23,24). The molecule has 29 heavy (non-hydrogen) atoms. The number of carbonyl (C=O) groups is 2. The normalized spacial score (nSPS) is 11.9. The van der Waals surface area contributed by atoms with Crippen LogP contribution in [0.15, 0.2) is 47.4 Å². The lowest BCUT2D eigenvalue weighted by Crippen LogP contribution is -2.30. The van der Waals surface area contributed by atoms with Crippen LogP contribution >= 0.6 is 23.2 Å². The molecule has 0 heterocycles. The second kappa shape index (κ2) is 9.76. The Bertz CT molecular complexity index is 1080. The number of esters is 1. The molecule has 7 nitrogen and oxygen atoms in total. The van der Waals surface area contributed by atoms with Crippen LogP contribution in [0.25, 0.3) is 0 Å². The van der Waals surface area contributed by atoms with E-state index in [9.17, 15) is 18.0 Å². The van der Waals surface area contributed by atoms with Crippen LogP contribution in [0.5, 0.6) is 0 Å². The zero-order valence-electron chi connectivity index (χ0n) is 15.1. The van der Waals surface area contributed by atoms with Gasteiger partial charge in [0.25, 0.3) is 5.91 Å². The Hall–Kier alpha value is -2.57. The molecule has 0 aromatic heterocycles. The first-order chi connectivity index (χ1) is 13.7. The largest absolute Gasteiger partial charge is 0.449 e. The van der Waals surface area contributed by atoms with Gasteiger partial charge in [-0.1, -0.05) is 41.3 Å². The molecule has 0 aliphatic rings. The van der Waals surface area contributed by atoms with Crippen molar-refractivity contribution in [3.8, 4) is 12.3 Å². The summed E-state index contributed by atoms with van der Waals surface area (Å²) < 4.78 is 31.5. The Balaban J connectivity index is 2.09. The van der Waals surface area contributed by atoms with E-state index < -0.39 is 28.0 Å². The zero-order chi connectivity index (χ0) is 21.6. The minimum absolute atomic E-state index is 0.0472. The van der Waals surface area contributed by atoms with E-state index in [-0.39, 0.29) is 32.7 Å². The molecule has 1 unspecified atom stereocenters. The Morgan fingerprint density at radius 1 is 1.21 bits per heavy atom. The highest BCUT2D eigenvalue weighted by molar-refractivity contribution is 7.89. The number of hydrogen-bond acceptors (Lipinski definition) is 5. The summed E-state index contributed by atoms with van der Waals surface area (Å²) >= 11 is 11.9. The van der Waals surface area contributed by atoms with Gasteiger partial charge in [0.15, 0.2) is 6.10 Å². The number of nitrogens with one attached hydrogen (secondary N) is 2. The van der Waals surface area contributed by atoms with Gasteiger partial charge in [0.1, 0.15) is 0 Å². The molecule has 0 aliphatic heterocycles. The maximum absolute atomic E-state index is 12.3. The van der Waals surface area contributed by atoms with Crippen LogP contribution in [-0.4, -0.2) is 32.9 Å². The summed E-state index contributed by atoms with van der Waals surface area (Å²) in [5, 5.41) is 2.92. The fraction of sp³-hybridized carbons (Fsp3) is 0.158. The average Bonchev–Trinajstić information content (AvgIpc) is 2.69. The van der Waals surface area contributed by atoms with E-state index in [0.717, 1.165) is 6.07 Å². The van der Waals surface area contributed by atoms with Crippen molar-refractivity contribution in [1.82, 2.24) is 4.72 Å². The summed E-state index contributed by atoms with van der Waals surface area (Å²) in [6.45, 7) is 1.17. The molecule has 1 atom stereocenters. The van der Waals surface area contributed by atoms with Gasteiger partial charge < -0.3 is 10.1 Å². The molecule has 2 rings (SSSR count). The van der Waals surface area contributed by atoms with Crippen molar-refractivity contribution in [2.24, 2.45) is 0 Å². The van der Waals surface area contributed by atoms with Gasteiger partial charge in [0.2, 0.25) is 10.0 Å². The van der Waals surface area contributed by atoms with Gasteiger partial charge in [0.05, 0.1) is 32.7 Å². The molecule has 0 saturated heterocycles. The number of carbonyl (C=O) groups excluding carboxylic acids is 2. The number of amides is 1. The second-order valence-corrected chi connectivity index (χ2v) is 8.25. The van der Waals surface area contributed by atoms with Crippen molar-refractivity contribution in [3.63, 3.8) is 0 Å². The van der Waals surface area contributed by atoms with Crippen molar-refractivity contribution in [2.45, 2.75) is 17.9 Å². The summed E-state index contributed by atoms with van der Waals surface area (Å²) in [7, 11) is -3.88. The number of terminal acetylenes is 1. The third kappa shape index (κ3) is 5.95. The first-order valence-electron chi connectivity index (χ1n) is 8.14. The molecule has 152 valence electrons. The first kappa shape index (κ1) is 22.7. The van der Waals surface area contributed by atoms with Crippen molar-refractivity contribution in [3.05, 3.63) is 58.1 Å². The lowest BCUT2D eigenvalue weighted by molar-refractivity contribution is -0.123. The van der Waals surface area contributed by atoms with Crippen LogP contribution in [0.4, 0.5) is 5.69 Å². The van der Waals surface area contributed by atoms with Crippen LogP contribution < -0.4 is 10.0 Å². The van der Waals surface area contributed by atoms with E-state index in [4.69, 9.17) is 34.4 Å². The molecule has 1 amide bonds. The lowest BCUT2D eigenvalue weighted by Gasteiger charge is -2.15. The minimum atomic E-state index is -3.88. The van der Waals surface area contributed by atoms with Crippen molar-refractivity contribution in [1.29, 1.82) is 0 Å². The predicted molar refractivity (Wildman–Crippen MR) is 110 cm³/mol. The quantitative estimate of drug-likeness (QED) is 0.494. The summed E-state index contributed by atoms with van der Waals surface area (Å²) in [5.41, 5.74) is 0.216. The third-order valence-corrected chi connectivity index (χ3v) is 5.82. The zero-order valence-corrected chi connectivity index (χ0v) is 17.4. The maximum Gasteiger partial charge on any atom is 0.338 e. The number of rotatable bonds is 7. The Morgan fingerprint density at radius 3 is 2.59 bits per heavy atom. The van der Waals surface area contributed by atoms with Gasteiger partial charge in [-0.25, -0.2) is 13.2 Å². The predicted octanol–water partition coefficient (Wildman–Crippen LogP) is 3.09. The van der Waals surface area contributed by atoms with Crippen LogP contribution in [0, 0.1) is 12.3 Å². The first-order valence-corrected chi connectivity index (χ1v) is 10.4. The van der Waals surface area contributed by atoms with Crippen molar-refractivity contribution >= 4 is 50.8 Å². The van der Waals surface area contributed by atoms with Gasteiger partial charge in [-0.05, 0) is 37.3 Å². The highest BCUT2D eigenvalue weighted by atomic mass is 35.5. The van der Waals surface area contributed by atoms with E-state index in [1.165, 1.54) is 31.2 Å². The van der Waals surface area contributed by atoms with E-state index in [2.05, 4.69) is 16.0 Å². The SMILES string of the molecule is C#CCNS(=O)(=O)c1cccc(C(=O)OC(C)C(=O)Nc2cccc(Cl)c2Cl)c1. The fourth-order valence-electron chi connectivity index (χ4n) is 2.13. The highest BCUT2D eigenvalue weighted by Gasteiger charge is 2.22. The number of ether oxygens (including phenoxy) is 1. The molecule has 0 bridgehead atoms. The summed E-state index contributed by atoms with van der Waals surface area (Å²) in [5.74, 6) is 0.640. The summed E-state index contributed by atoms with van der Waals surface area (Å²) in [6, 6.07) is 9.85. The molecule has 0 spiro atoms. The monoisotopic (exact) mass is 454 g/mol. The van der Waals surface area contributed by atoms with E-state index in [1.54, 1.807) is 12.1 Å². The van der Waals surface area contributed by atoms with Gasteiger partial charge >= 0.3 is 5.97 Å². The van der Waals surface area contributed by atoms with Crippen LogP contribution in [-0.2, 0) is 19.6 Å². The number of halogens is 2. The lowest BCUT2D eigenvalue weighted by atomic mass is 10.2. The summed E-state index contributed by atoms with van der Waals surface area (Å²) in [4.78, 5) is 24.4. The smallest absolute Gasteiger partial charge is 0.338 e. The molecule has 2 N–H and O–H groups in total. The molecule has 2 aromatic rings. The molecule has 0 fully saturated rings.